The van der Waals surface area contributed by atoms with Gasteiger partial charge in [-0.15, -0.1) is 0 Å². The monoisotopic (exact) mass is 288 g/mol. The maximum Gasteiger partial charge on any atom is 0.433 e. The van der Waals surface area contributed by atoms with Crippen LogP contribution in [0.4, 0.5) is 24.9 Å². The number of alkyl halides is 3. The van der Waals surface area contributed by atoms with Gasteiger partial charge < -0.3 is 10.6 Å². The molecule has 0 saturated heterocycles. The van der Waals surface area contributed by atoms with E-state index in [1.165, 1.54) is 7.05 Å². The summed E-state index contributed by atoms with van der Waals surface area (Å²) in [5.74, 6) is 0.903. The third kappa shape index (κ3) is 3.74. The molecular weight excluding hydrogens is 269 g/mol. The Morgan fingerprint density at radius 3 is 2.35 bits per heavy atom. The van der Waals surface area contributed by atoms with Gasteiger partial charge in [-0.1, -0.05) is 6.92 Å². The molecule has 2 N–H and O–H groups in total. The summed E-state index contributed by atoms with van der Waals surface area (Å²) in [6.07, 6.45) is -0.365. The molecule has 0 amide bonds. The fourth-order valence-corrected chi connectivity index (χ4v) is 2.39. The summed E-state index contributed by atoms with van der Waals surface area (Å²) >= 11 is 0. The molecule has 7 heteroatoms. The summed E-state index contributed by atoms with van der Waals surface area (Å²) in [6, 6.07) is 1.16. The van der Waals surface area contributed by atoms with Crippen molar-refractivity contribution in [1.82, 2.24) is 9.97 Å². The predicted octanol–water partition coefficient (Wildman–Crippen LogP) is 3.53. The zero-order chi connectivity index (χ0) is 14.8. The lowest BCUT2D eigenvalue weighted by Crippen LogP contribution is -2.26. The predicted molar refractivity (Wildman–Crippen MR) is 71.6 cm³/mol. The average Bonchev–Trinajstić information content (AvgIpc) is 2.40. The van der Waals surface area contributed by atoms with Crippen LogP contribution in [0.5, 0.6) is 0 Å². The highest BCUT2D eigenvalue weighted by Gasteiger charge is 2.34. The second-order valence-corrected chi connectivity index (χ2v) is 5.31. The fourth-order valence-electron chi connectivity index (χ4n) is 2.39. The smallest absolute Gasteiger partial charge is 0.367 e. The molecule has 0 aromatic carbocycles. The molecule has 1 saturated carbocycles. The molecule has 0 spiro atoms. The summed E-state index contributed by atoms with van der Waals surface area (Å²) in [6.45, 7) is 2.20. The second kappa shape index (κ2) is 5.85. The summed E-state index contributed by atoms with van der Waals surface area (Å²) in [7, 11) is 1.50. The Kier molecular flexibility index (Phi) is 4.35. The van der Waals surface area contributed by atoms with E-state index in [4.69, 9.17) is 0 Å². The van der Waals surface area contributed by atoms with Crippen molar-refractivity contribution in [2.75, 3.05) is 17.7 Å². The van der Waals surface area contributed by atoms with Gasteiger partial charge in [-0.05, 0) is 31.6 Å². The van der Waals surface area contributed by atoms with Crippen LogP contribution in [0.15, 0.2) is 6.07 Å². The Morgan fingerprint density at radius 1 is 1.15 bits per heavy atom. The first-order chi connectivity index (χ1) is 9.38. The second-order valence-electron chi connectivity index (χ2n) is 5.31. The van der Waals surface area contributed by atoms with Crippen molar-refractivity contribution in [3.8, 4) is 0 Å². The minimum Gasteiger partial charge on any atom is -0.367 e. The van der Waals surface area contributed by atoms with Gasteiger partial charge in [0.25, 0.3) is 0 Å². The maximum absolute atomic E-state index is 12.8. The third-order valence-corrected chi connectivity index (χ3v) is 3.61. The number of rotatable bonds is 3. The number of anilines is 2. The van der Waals surface area contributed by atoms with Gasteiger partial charge in [0.2, 0.25) is 5.95 Å². The van der Waals surface area contributed by atoms with Gasteiger partial charge in [-0.2, -0.15) is 18.2 Å². The molecule has 1 aliphatic rings. The minimum atomic E-state index is -4.47. The van der Waals surface area contributed by atoms with Crippen molar-refractivity contribution < 1.29 is 13.2 Å². The van der Waals surface area contributed by atoms with Crippen LogP contribution in [0, 0.1) is 5.92 Å². The lowest BCUT2D eigenvalue weighted by molar-refractivity contribution is -0.141. The largest absolute Gasteiger partial charge is 0.433 e. The van der Waals surface area contributed by atoms with Crippen LogP contribution >= 0.6 is 0 Å². The molecule has 1 aromatic rings. The zero-order valence-electron chi connectivity index (χ0n) is 11.6. The quantitative estimate of drug-likeness (QED) is 0.893. The van der Waals surface area contributed by atoms with E-state index in [0.717, 1.165) is 31.7 Å². The Hall–Kier alpha value is -1.53. The van der Waals surface area contributed by atoms with Crippen molar-refractivity contribution in [3.05, 3.63) is 11.8 Å². The molecule has 1 heterocycles. The van der Waals surface area contributed by atoms with Crippen molar-refractivity contribution >= 4 is 11.8 Å². The van der Waals surface area contributed by atoms with Crippen LogP contribution in [0.1, 0.15) is 38.3 Å². The van der Waals surface area contributed by atoms with E-state index in [1.807, 2.05) is 0 Å². The molecule has 0 radical (unpaired) electrons. The Labute approximate surface area is 116 Å². The van der Waals surface area contributed by atoms with Gasteiger partial charge in [0.05, 0.1) is 0 Å². The van der Waals surface area contributed by atoms with Crippen molar-refractivity contribution in [1.29, 1.82) is 0 Å². The molecule has 112 valence electrons. The van der Waals surface area contributed by atoms with E-state index in [-0.39, 0.29) is 17.8 Å². The molecule has 0 atom stereocenters. The summed E-state index contributed by atoms with van der Waals surface area (Å²) in [4.78, 5) is 7.49. The van der Waals surface area contributed by atoms with Gasteiger partial charge >= 0.3 is 6.18 Å². The van der Waals surface area contributed by atoms with E-state index >= 15 is 0 Å². The molecule has 1 aromatic heterocycles. The van der Waals surface area contributed by atoms with E-state index in [9.17, 15) is 13.2 Å². The molecule has 0 bridgehead atoms. The van der Waals surface area contributed by atoms with Crippen LogP contribution < -0.4 is 10.6 Å². The van der Waals surface area contributed by atoms with Crippen molar-refractivity contribution in [3.63, 3.8) is 0 Å². The first kappa shape index (κ1) is 14.9. The highest BCUT2D eigenvalue weighted by atomic mass is 19.4. The highest BCUT2D eigenvalue weighted by molar-refractivity contribution is 5.43. The number of aromatic nitrogens is 2. The minimum absolute atomic E-state index is 0.0218. The molecular formula is C13H19F3N4. The van der Waals surface area contributed by atoms with Crippen LogP contribution in [0.2, 0.25) is 0 Å². The van der Waals surface area contributed by atoms with Crippen LogP contribution in [-0.4, -0.2) is 23.1 Å². The van der Waals surface area contributed by atoms with E-state index in [1.54, 1.807) is 0 Å². The topological polar surface area (TPSA) is 49.8 Å². The van der Waals surface area contributed by atoms with Gasteiger partial charge in [0.1, 0.15) is 5.82 Å². The van der Waals surface area contributed by atoms with E-state index in [0.29, 0.717) is 5.92 Å². The van der Waals surface area contributed by atoms with Gasteiger partial charge in [0.15, 0.2) is 5.69 Å². The van der Waals surface area contributed by atoms with Crippen LogP contribution in [0.25, 0.3) is 0 Å². The summed E-state index contributed by atoms with van der Waals surface area (Å²) in [5, 5.41) is 5.66. The average molecular weight is 288 g/mol. The lowest BCUT2D eigenvalue weighted by atomic mass is 9.87. The molecule has 1 fully saturated rings. The Balaban J connectivity index is 2.14. The van der Waals surface area contributed by atoms with E-state index in [2.05, 4.69) is 27.5 Å². The van der Waals surface area contributed by atoms with Crippen LogP contribution in [-0.2, 0) is 6.18 Å². The summed E-state index contributed by atoms with van der Waals surface area (Å²) in [5.41, 5.74) is -0.927. The first-order valence-corrected chi connectivity index (χ1v) is 6.79. The van der Waals surface area contributed by atoms with Gasteiger partial charge in [0, 0.05) is 19.2 Å². The van der Waals surface area contributed by atoms with Crippen LogP contribution in [0.3, 0.4) is 0 Å². The van der Waals surface area contributed by atoms with Crippen molar-refractivity contribution in [2.24, 2.45) is 5.92 Å². The normalized spacial score (nSPS) is 23.4. The molecule has 0 unspecified atom stereocenters. The third-order valence-electron chi connectivity index (χ3n) is 3.61. The number of nitrogens with zero attached hydrogens (tertiary/aromatic N) is 2. The number of hydrogen-bond donors (Lipinski definition) is 2. The highest BCUT2D eigenvalue weighted by Crippen LogP contribution is 2.31. The standard InChI is InChI=1S/C13H19F3N4/c1-8-3-5-9(6-4-8)18-11-7-10(13(14,15)16)19-12(17-2)20-11/h7-9H,3-6H2,1-2H3,(H2,17,18,19,20). The van der Waals surface area contributed by atoms with Gasteiger partial charge in [-0.25, -0.2) is 4.98 Å². The molecule has 0 aliphatic heterocycles. The first-order valence-electron chi connectivity index (χ1n) is 6.79. The maximum atomic E-state index is 12.8. The van der Waals surface area contributed by atoms with E-state index < -0.39 is 11.9 Å². The number of halogens is 3. The molecule has 1 aliphatic carbocycles. The summed E-state index contributed by atoms with van der Waals surface area (Å²) < 4.78 is 38.3. The fraction of sp³-hybridized carbons (Fsp3) is 0.692. The Bertz CT molecular complexity index is 453. The lowest BCUT2D eigenvalue weighted by Gasteiger charge is -2.27. The van der Waals surface area contributed by atoms with Crippen molar-refractivity contribution in [2.45, 2.75) is 44.8 Å². The zero-order valence-corrected chi connectivity index (χ0v) is 11.6. The van der Waals surface area contributed by atoms with Gasteiger partial charge in [-0.3, -0.25) is 0 Å². The SMILES string of the molecule is CNc1nc(NC2CCC(C)CC2)cc(C(F)(F)F)n1. The molecule has 2 rings (SSSR count). The Morgan fingerprint density at radius 2 is 1.80 bits per heavy atom. The molecule has 20 heavy (non-hydrogen) atoms. The molecule has 4 nitrogen and oxygen atoms in total. The number of nitrogens with one attached hydrogen (secondary N) is 2. The number of hydrogen-bond acceptors (Lipinski definition) is 4.